The number of nitrogens with one attached hydrogen (secondary N) is 2. The minimum atomic E-state index is -3.60. The van der Waals surface area contributed by atoms with Gasteiger partial charge in [-0.1, -0.05) is 19.1 Å². The van der Waals surface area contributed by atoms with Crippen LogP contribution in [0.15, 0.2) is 53.4 Å². The highest BCUT2D eigenvalue weighted by Crippen LogP contribution is 2.14. The van der Waals surface area contributed by atoms with Gasteiger partial charge in [-0.3, -0.25) is 9.59 Å². The lowest BCUT2D eigenvalue weighted by Crippen LogP contribution is -2.32. The molecule has 0 spiro atoms. The maximum atomic E-state index is 12.7. The van der Waals surface area contributed by atoms with Crippen LogP contribution in [-0.4, -0.2) is 45.3 Å². The van der Waals surface area contributed by atoms with Gasteiger partial charge in [0.05, 0.1) is 4.90 Å². The highest BCUT2D eigenvalue weighted by Gasteiger charge is 2.18. The van der Waals surface area contributed by atoms with Gasteiger partial charge in [0.15, 0.2) is 0 Å². The number of carbonyl (C=O) groups is 2. The molecule has 2 N–H and O–H groups in total. The Balaban J connectivity index is 2.07. The van der Waals surface area contributed by atoms with Gasteiger partial charge in [-0.25, -0.2) is 13.1 Å². The van der Waals surface area contributed by atoms with Gasteiger partial charge in [0, 0.05) is 37.8 Å². The van der Waals surface area contributed by atoms with E-state index in [-0.39, 0.29) is 22.8 Å². The van der Waals surface area contributed by atoms with Crippen LogP contribution in [0.5, 0.6) is 0 Å². The normalized spacial score (nSPS) is 12.3. The number of hydrogen-bond acceptors (Lipinski definition) is 4. The van der Waals surface area contributed by atoms with Crippen molar-refractivity contribution in [3.8, 4) is 0 Å². The van der Waals surface area contributed by atoms with Gasteiger partial charge < -0.3 is 10.2 Å². The molecule has 0 aliphatic carbocycles. The fourth-order valence-electron chi connectivity index (χ4n) is 2.66. The van der Waals surface area contributed by atoms with Crippen LogP contribution in [0.2, 0.25) is 0 Å². The molecule has 29 heavy (non-hydrogen) atoms. The largest absolute Gasteiger partial charge is 0.355 e. The standard InChI is InChI=1S/C21H27N3O4S/c1-5-15(2)23-29(27,28)19-12-10-18(11-13-19)21(26)24(4)14-16-6-8-17(9-7-16)20(25)22-3/h6-13,15,23H,5,14H2,1-4H3,(H,22,25)/t15-/m0/s1. The number of hydrogen-bond donors (Lipinski definition) is 2. The second kappa shape index (κ2) is 9.67. The molecule has 0 aliphatic heterocycles. The van der Waals surface area contributed by atoms with E-state index in [1.165, 1.54) is 29.2 Å². The van der Waals surface area contributed by atoms with Crippen LogP contribution in [0.25, 0.3) is 0 Å². The molecular formula is C21H27N3O4S. The number of nitrogens with zero attached hydrogens (tertiary/aromatic N) is 1. The fourth-order valence-corrected chi connectivity index (χ4v) is 3.99. The highest BCUT2D eigenvalue weighted by atomic mass is 32.2. The molecule has 0 unspecified atom stereocenters. The first kappa shape index (κ1) is 22.6. The molecule has 0 bridgehead atoms. The zero-order valence-electron chi connectivity index (χ0n) is 17.1. The van der Waals surface area contributed by atoms with E-state index in [9.17, 15) is 18.0 Å². The van der Waals surface area contributed by atoms with Gasteiger partial charge in [-0.2, -0.15) is 0 Å². The van der Waals surface area contributed by atoms with E-state index in [0.717, 1.165) is 5.56 Å². The maximum absolute atomic E-state index is 12.7. The Labute approximate surface area is 172 Å². The van der Waals surface area contributed by atoms with Crippen LogP contribution >= 0.6 is 0 Å². The van der Waals surface area contributed by atoms with Gasteiger partial charge in [-0.15, -0.1) is 0 Å². The first-order chi connectivity index (χ1) is 13.7. The van der Waals surface area contributed by atoms with E-state index in [1.807, 2.05) is 6.92 Å². The summed E-state index contributed by atoms with van der Waals surface area (Å²) in [5.74, 6) is -0.391. The Bertz CT molecular complexity index is 954. The second-order valence-electron chi connectivity index (χ2n) is 6.89. The lowest BCUT2D eigenvalue weighted by Gasteiger charge is -2.18. The average molecular weight is 418 g/mol. The summed E-state index contributed by atoms with van der Waals surface area (Å²) in [6.07, 6.45) is 0.685. The third-order valence-electron chi connectivity index (χ3n) is 4.59. The van der Waals surface area contributed by atoms with Crippen molar-refractivity contribution in [3.63, 3.8) is 0 Å². The van der Waals surface area contributed by atoms with Crippen molar-refractivity contribution in [1.29, 1.82) is 0 Å². The topological polar surface area (TPSA) is 95.6 Å². The van der Waals surface area contributed by atoms with Crippen molar-refractivity contribution in [1.82, 2.24) is 14.9 Å². The van der Waals surface area contributed by atoms with E-state index >= 15 is 0 Å². The number of benzene rings is 2. The molecule has 2 aromatic carbocycles. The summed E-state index contributed by atoms with van der Waals surface area (Å²) in [4.78, 5) is 25.9. The van der Waals surface area contributed by atoms with Crippen molar-refractivity contribution >= 4 is 21.8 Å². The summed E-state index contributed by atoms with van der Waals surface area (Å²) in [5, 5.41) is 2.56. The molecule has 0 heterocycles. The van der Waals surface area contributed by atoms with Crippen LogP contribution in [-0.2, 0) is 16.6 Å². The van der Waals surface area contributed by atoms with E-state index in [2.05, 4.69) is 10.0 Å². The number of sulfonamides is 1. The molecule has 156 valence electrons. The van der Waals surface area contributed by atoms with E-state index in [1.54, 1.807) is 45.3 Å². The Morgan fingerprint density at radius 3 is 2.07 bits per heavy atom. The van der Waals surface area contributed by atoms with Gasteiger partial charge in [0.1, 0.15) is 0 Å². The van der Waals surface area contributed by atoms with Gasteiger partial charge >= 0.3 is 0 Å². The molecule has 0 radical (unpaired) electrons. The van der Waals surface area contributed by atoms with Crippen molar-refractivity contribution in [2.45, 2.75) is 37.8 Å². The Kier molecular flexibility index (Phi) is 7.53. The molecule has 1 atom stereocenters. The monoisotopic (exact) mass is 417 g/mol. The van der Waals surface area contributed by atoms with Gasteiger partial charge in [0.25, 0.3) is 11.8 Å². The Hall–Kier alpha value is -2.71. The third kappa shape index (κ3) is 5.88. The zero-order valence-corrected chi connectivity index (χ0v) is 17.9. The van der Waals surface area contributed by atoms with Crippen LogP contribution in [0.4, 0.5) is 0 Å². The molecular weight excluding hydrogens is 390 g/mol. The summed E-state index contributed by atoms with van der Waals surface area (Å²) in [5.41, 5.74) is 1.83. The van der Waals surface area contributed by atoms with Gasteiger partial charge in [0.2, 0.25) is 10.0 Å². The molecule has 0 saturated heterocycles. The minimum absolute atomic E-state index is 0.127. The van der Waals surface area contributed by atoms with E-state index < -0.39 is 10.0 Å². The average Bonchev–Trinajstić information content (AvgIpc) is 2.72. The molecule has 0 aliphatic rings. The number of carbonyl (C=O) groups excluding carboxylic acids is 2. The van der Waals surface area contributed by atoms with Crippen LogP contribution < -0.4 is 10.0 Å². The Morgan fingerprint density at radius 1 is 1.00 bits per heavy atom. The first-order valence-electron chi connectivity index (χ1n) is 9.36. The van der Waals surface area contributed by atoms with Crippen molar-refractivity contribution in [2.24, 2.45) is 0 Å². The molecule has 8 heteroatoms. The van der Waals surface area contributed by atoms with Crippen LogP contribution in [0, 0.1) is 0 Å². The molecule has 0 aromatic heterocycles. The zero-order chi connectivity index (χ0) is 21.6. The quantitative estimate of drug-likeness (QED) is 0.689. The smallest absolute Gasteiger partial charge is 0.253 e. The Morgan fingerprint density at radius 2 is 1.55 bits per heavy atom. The molecule has 2 amide bonds. The van der Waals surface area contributed by atoms with E-state index in [0.29, 0.717) is 24.1 Å². The molecule has 0 saturated carbocycles. The lowest BCUT2D eigenvalue weighted by atomic mass is 10.1. The molecule has 0 fully saturated rings. The van der Waals surface area contributed by atoms with Crippen LogP contribution in [0.1, 0.15) is 46.5 Å². The second-order valence-corrected chi connectivity index (χ2v) is 8.61. The minimum Gasteiger partial charge on any atom is -0.355 e. The van der Waals surface area contributed by atoms with Crippen molar-refractivity contribution in [2.75, 3.05) is 14.1 Å². The lowest BCUT2D eigenvalue weighted by molar-refractivity contribution is 0.0784. The predicted molar refractivity (Wildman–Crippen MR) is 112 cm³/mol. The van der Waals surface area contributed by atoms with E-state index in [4.69, 9.17) is 0 Å². The summed E-state index contributed by atoms with van der Waals surface area (Å²) in [6, 6.07) is 12.7. The first-order valence-corrected chi connectivity index (χ1v) is 10.8. The fraction of sp³-hybridized carbons (Fsp3) is 0.333. The summed E-state index contributed by atoms with van der Waals surface area (Å²) in [6.45, 7) is 4.06. The summed E-state index contributed by atoms with van der Waals surface area (Å²) in [7, 11) is -0.364. The predicted octanol–water partition coefficient (Wildman–Crippen LogP) is 2.40. The van der Waals surface area contributed by atoms with Crippen LogP contribution in [0.3, 0.4) is 0 Å². The SMILES string of the molecule is CC[C@H](C)NS(=O)(=O)c1ccc(C(=O)N(C)Cc2ccc(C(=O)NC)cc2)cc1. The number of amides is 2. The number of rotatable bonds is 8. The highest BCUT2D eigenvalue weighted by molar-refractivity contribution is 7.89. The third-order valence-corrected chi connectivity index (χ3v) is 6.20. The molecule has 2 rings (SSSR count). The summed E-state index contributed by atoms with van der Waals surface area (Å²) < 4.78 is 27.2. The van der Waals surface area contributed by atoms with Crippen molar-refractivity contribution < 1.29 is 18.0 Å². The maximum Gasteiger partial charge on any atom is 0.253 e. The van der Waals surface area contributed by atoms with Gasteiger partial charge in [-0.05, 0) is 55.3 Å². The summed E-state index contributed by atoms with van der Waals surface area (Å²) >= 11 is 0. The van der Waals surface area contributed by atoms with Crippen molar-refractivity contribution in [3.05, 3.63) is 65.2 Å². The molecule has 7 nitrogen and oxygen atoms in total. The molecule has 2 aromatic rings.